The first kappa shape index (κ1) is 34.2. The maximum atomic E-state index is 5.42. The van der Waals surface area contributed by atoms with Gasteiger partial charge < -0.3 is 0 Å². The van der Waals surface area contributed by atoms with Gasteiger partial charge in [-0.2, -0.15) is 0 Å². The Morgan fingerprint density at radius 2 is 0.967 bits per heavy atom. The van der Waals surface area contributed by atoms with E-state index in [9.17, 15) is 0 Å². The van der Waals surface area contributed by atoms with E-state index in [2.05, 4.69) is 223 Å². The van der Waals surface area contributed by atoms with E-state index in [4.69, 9.17) is 9.97 Å². The highest BCUT2D eigenvalue weighted by Gasteiger charge is 2.46. The number of para-hydroxylation sites is 3. The van der Waals surface area contributed by atoms with Crippen LogP contribution in [0.5, 0.6) is 0 Å². The number of fused-ring (bicyclic) bond motifs is 7. The molecule has 60 heavy (non-hydrogen) atoms. The molecule has 0 aliphatic heterocycles. The highest BCUT2D eigenvalue weighted by molar-refractivity contribution is 6.13. The number of nitrogens with zero attached hydrogens (tertiary/aromatic N) is 3. The Morgan fingerprint density at radius 3 is 1.73 bits per heavy atom. The van der Waals surface area contributed by atoms with Crippen molar-refractivity contribution in [3.8, 4) is 50.6 Å². The van der Waals surface area contributed by atoms with Gasteiger partial charge >= 0.3 is 0 Å². The summed E-state index contributed by atoms with van der Waals surface area (Å²) in [5, 5.41) is 3.51. The van der Waals surface area contributed by atoms with Crippen LogP contribution in [0.1, 0.15) is 22.3 Å². The van der Waals surface area contributed by atoms with Gasteiger partial charge in [0.05, 0.1) is 27.7 Å². The molecule has 9 aromatic carbocycles. The van der Waals surface area contributed by atoms with Crippen LogP contribution in [0.25, 0.3) is 83.3 Å². The lowest BCUT2D eigenvalue weighted by molar-refractivity contribution is 0.769. The Bertz CT molecular complexity index is 3360. The van der Waals surface area contributed by atoms with Crippen LogP contribution >= 0.6 is 0 Å². The zero-order valence-electron chi connectivity index (χ0n) is 32.7. The van der Waals surface area contributed by atoms with Gasteiger partial charge in [-0.3, -0.25) is 4.57 Å². The SMILES string of the molecule is c1ccc(-c2nc3ccccc3n2-c2cccc(-c3ccc(-c4nc5ccccc5c5cc6c(cc45)-c4ccccc4C6(c4ccccc4)c4ccccc4)cc3)c2)cc1. The normalized spacial score (nSPS) is 12.8. The Morgan fingerprint density at radius 1 is 0.350 bits per heavy atom. The summed E-state index contributed by atoms with van der Waals surface area (Å²) in [7, 11) is 0. The van der Waals surface area contributed by atoms with Crippen molar-refractivity contribution in [2.75, 3.05) is 0 Å². The zero-order valence-corrected chi connectivity index (χ0v) is 32.7. The molecule has 3 heteroatoms. The molecule has 2 heterocycles. The summed E-state index contributed by atoms with van der Waals surface area (Å²) >= 11 is 0. The van der Waals surface area contributed by atoms with Crippen molar-refractivity contribution in [2.24, 2.45) is 0 Å². The smallest absolute Gasteiger partial charge is 0.145 e. The minimum Gasteiger partial charge on any atom is -0.292 e. The minimum absolute atomic E-state index is 0.478. The first-order chi connectivity index (χ1) is 29.8. The molecule has 0 radical (unpaired) electrons. The number of benzene rings is 9. The van der Waals surface area contributed by atoms with Crippen LogP contribution in [-0.4, -0.2) is 14.5 Å². The fourth-order valence-electron chi connectivity index (χ4n) is 9.82. The molecule has 3 nitrogen and oxygen atoms in total. The molecule has 0 amide bonds. The van der Waals surface area contributed by atoms with Crippen LogP contribution in [0, 0.1) is 0 Å². The van der Waals surface area contributed by atoms with Crippen molar-refractivity contribution in [1.82, 2.24) is 14.5 Å². The molecule has 0 atom stereocenters. The van der Waals surface area contributed by atoms with E-state index >= 15 is 0 Å². The predicted molar refractivity (Wildman–Crippen MR) is 247 cm³/mol. The van der Waals surface area contributed by atoms with Crippen molar-refractivity contribution in [3.63, 3.8) is 0 Å². The third-order valence-electron chi connectivity index (χ3n) is 12.5. The molecule has 0 unspecified atom stereocenters. The van der Waals surface area contributed by atoms with Crippen molar-refractivity contribution in [1.29, 1.82) is 0 Å². The summed E-state index contributed by atoms with van der Waals surface area (Å²) in [5.74, 6) is 0.928. The lowest BCUT2D eigenvalue weighted by Crippen LogP contribution is -2.28. The van der Waals surface area contributed by atoms with E-state index < -0.39 is 5.41 Å². The van der Waals surface area contributed by atoms with Crippen LogP contribution in [0.3, 0.4) is 0 Å². The topological polar surface area (TPSA) is 30.7 Å². The molecule has 0 spiro atoms. The summed E-state index contributed by atoms with van der Waals surface area (Å²) < 4.78 is 2.27. The van der Waals surface area contributed by atoms with Gasteiger partial charge in [-0.1, -0.05) is 182 Å². The molecule has 0 fully saturated rings. The molecule has 0 saturated carbocycles. The van der Waals surface area contributed by atoms with Gasteiger partial charge in [0.25, 0.3) is 0 Å². The van der Waals surface area contributed by atoms with Crippen molar-refractivity contribution >= 4 is 32.7 Å². The number of imidazole rings is 1. The molecular formula is C57H37N3. The maximum absolute atomic E-state index is 5.42. The van der Waals surface area contributed by atoms with E-state index in [1.54, 1.807) is 0 Å². The maximum Gasteiger partial charge on any atom is 0.145 e. The van der Waals surface area contributed by atoms with Crippen LogP contribution in [0.15, 0.2) is 224 Å². The Labute approximate surface area is 348 Å². The molecule has 0 N–H and O–H groups in total. The second-order valence-corrected chi connectivity index (χ2v) is 15.7. The number of hydrogen-bond acceptors (Lipinski definition) is 2. The Kier molecular flexibility index (Phi) is 7.76. The lowest BCUT2D eigenvalue weighted by Gasteiger charge is -2.34. The predicted octanol–water partition coefficient (Wildman–Crippen LogP) is 14.1. The Hall–Kier alpha value is -7.88. The second kappa shape index (κ2) is 13.6. The van der Waals surface area contributed by atoms with Gasteiger partial charge in [-0.15, -0.1) is 0 Å². The number of aromatic nitrogens is 3. The molecule has 280 valence electrons. The molecular weight excluding hydrogens is 727 g/mol. The first-order valence-electron chi connectivity index (χ1n) is 20.6. The van der Waals surface area contributed by atoms with E-state index in [0.29, 0.717) is 0 Å². The third kappa shape index (κ3) is 5.16. The molecule has 0 bridgehead atoms. The standard InChI is InChI=1S/C57H37N3/c1-4-17-40(18-5-1)56-59-53-29-14-15-30-54(53)60(56)44-24-16-19-41(35-44)38-31-33-39(34-32-38)55-49-36-48-45-25-10-12-27-50(45)57(42-20-6-2-7-21-42,43-22-8-3-9-23-43)51(48)37-47(49)46-26-11-13-28-52(46)58-55/h1-37H. The van der Waals surface area contributed by atoms with Crippen molar-refractivity contribution < 1.29 is 0 Å². The number of pyridine rings is 1. The lowest BCUT2D eigenvalue weighted by atomic mass is 9.67. The molecule has 2 aromatic heterocycles. The fraction of sp³-hybridized carbons (Fsp3) is 0.0175. The summed E-state index contributed by atoms with van der Waals surface area (Å²) in [6, 6.07) is 81.0. The van der Waals surface area contributed by atoms with Crippen LogP contribution in [0.2, 0.25) is 0 Å². The highest BCUT2D eigenvalue weighted by Crippen LogP contribution is 2.57. The average molecular weight is 764 g/mol. The third-order valence-corrected chi connectivity index (χ3v) is 12.5. The van der Waals surface area contributed by atoms with Crippen LogP contribution in [-0.2, 0) is 5.41 Å². The molecule has 1 aliphatic rings. The molecule has 12 rings (SSSR count). The summed E-state index contributed by atoms with van der Waals surface area (Å²) in [6.07, 6.45) is 0. The van der Waals surface area contributed by atoms with E-state index in [-0.39, 0.29) is 0 Å². The highest BCUT2D eigenvalue weighted by atomic mass is 15.1. The monoisotopic (exact) mass is 763 g/mol. The molecule has 11 aromatic rings. The van der Waals surface area contributed by atoms with Crippen molar-refractivity contribution in [3.05, 3.63) is 247 Å². The minimum atomic E-state index is -0.478. The number of rotatable bonds is 6. The van der Waals surface area contributed by atoms with E-state index in [1.807, 2.05) is 6.07 Å². The Balaban J connectivity index is 1.02. The summed E-state index contributed by atoms with van der Waals surface area (Å²) in [4.78, 5) is 10.5. The van der Waals surface area contributed by atoms with Crippen LogP contribution in [0.4, 0.5) is 0 Å². The van der Waals surface area contributed by atoms with Crippen LogP contribution < -0.4 is 0 Å². The van der Waals surface area contributed by atoms with Gasteiger partial charge in [0.15, 0.2) is 0 Å². The van der Waals surface area contributed by atoms with Gasteiger partial charge in [-0.05, 0) is 92.4 Å². The van der Waals surface area contributed by atoms with Gasteiger partial charge in [0, 0.05) is 27.6 Å². The van der Waals surface area contributed by atoms with E-state index in [0.717, 1.165) is 66.8 Å². The fourth-order valence-corrected chi connectivity index (χ4v) is 9.82. The zero-order chi connectivity index (χ0) is 39.6. The summed E-state index contributed by atoms with van der Waals surface area (Å²) in [5.41, 5.74) is 16.7. The number of hydrogen-bond donors (Lipinski definition) is 0. The van der Waals surface area contributed by atoms with Gasteiger partial charge in [0.1, 0.15) is 5.82 Å². The second-order valence-electron chi connectivity index (χ2n) is 15.7. The molecule has 1 aliphatic carbocycles. The van der Waals surface area contributed by atoms with E-state index in [1.165, 1.54) is 38.8 Å². The first-order valence-corrected chi connectivity index (χ1v) is 20.6. The largest absolute Gasteiger partial charge is 0.292 e. The van der Waals surface area contributed by atoms with Gasteiger partial charge in [0.2, 0.25) is 0 Å². The van der Waals surface area contributed by atoms with Gasteiger partial charge in [-0.25, -0.2) is 9.97 Å². The quantitative estimate of drug-likeness (QED) is 0.158. The molecule has 0 saturated heterocycles. The summed E-state index contributed by atoms with van der Waals surface area (Å²) in [6.45, 7) is 0. The average Bonchev–Trinajstić information content (AvgIpc) is 3.86. The van der Waals surface area contributed by atoms with Crippen molar-refractivity contribution in [2.45, 2.75) is 5.41 Å².